The van der Waals surface area contributed by atoms with E-state index in [0.717, 1.165) is 16.3 Å². The van der Waals surface area contributed by atoms with Gasteiger partial charge in [0.1, 0.15) is 10.9 Å². The van der Waals surface area contributed by atoms with Gasteiger partial charge >= 0.3 is 0 Å². The normalized spacial score (nSPS) is 15.8. The van der Waals surface area contributed by atoms with Gasteiger partial charge in [0, 0.05) is 25.6 Å². The molecule has 0 saturated carbocycles. The lowest BCUT2D eigenvalue weighted by Crippen LogP contribution is -2.51. The quantitative estimate of drug-likeness (QED) is 0.469. The maximum Gasteiger partial charge on any atom is 0.269 e. The van der Waals surface area contributed by atoms with Crippen molar-refractivity contribution in [2.45, 2.75) is 69.9 Å². The van der Waals surface area contributed by atoms with Crippen molar-refractivity contribution in [2.24, 2.45) is 0 Å². The van der Waals surface area contributed by atoms with Crippen LogP contribution in [0.4, 0.5) is 0 Å². The van der Waals surface area contributed by atoms with E-state index in [2.05, 4.69) is 5.32 Å². The molecular formula is C27H35N3O5S. The molecule has 36 heavy (non-hydrogen) atoms. The Kier molecular flexibility index (Phi) is 9.25. The van der Waals surface area contributed by atoms with Gasteiger partial charge in [0.05, 0.1) is 5.56 Å². The van der Waals surface area contributed by atoms with Crippen LogP contribution in [0, 0.1) is 0 Å². The van der Waals surface area contributed by atoms with Gasteiger partial charge in [-0.1, -0.05) is 56.3 Å². The molecule has 0 radical (unpaired) electrons. The van der Waals surface area contributed by atoms with Gasteiger partial charge in [0.2, 0.25) is 11.8 Å². The van der Waals surface area contributed by atoms with Gasteiger partial charge in [0.25, 0.3) is 15.9 Å². The number of nitrogens with one attached hydrogen (secondary N) is 1. The minimum atomic E-state index is -3.92. The van der Waals surface area contributed by atoms with Gasteiger partial charge in [-0.15, -0.1) is 0 Å². The van der Waals surface area contributed by atoms with Gasteiger partial charge in [-0.2, -0.15) is 0 Å². The molecule has 3 amide bonds. The lowest BCUT2D eigenvalue weighted by atomic mass is 10.1. The van der Waals surface area contributed by atoms with Crippen LogP contribution in [0.1, 0.15) is 62.4 Å². The minimum Gasteiger partial charge on any atom is -0.352 e. The summed E-state index contributed by atoms with van der Waals surface area (Å²) in [5, 5.41) is 2.98. The summed E-state index contributed by atoms with van der Waals surface area (Å²) in [6, 6.07) is 15.2. The van der Waals surface area contributed by atoms with E-state index in [1.807, 2.05) is 51.1 Å². The molecule has 9 heteroatoms. The third-order valence-electron chi connectivity index (χ3n) is 6.54. The van der Waals surface area contributed by atoms with Crippen LogP contribution in [-0.2, 0) is 26.0 Å². The second kappa shape index (κ2) is 12.2. The number of benzene rings is 2. The number of hydrogen-bond acceptors (Lipinski definition) is 5. The van der Waals surface area contributed by atoms with Crippen LogP contribution >= 0.6 is 0 Å². The van der Waals surface area contributed by atoms with E-state index in [1.165, 1.54) is 12.1 Å². The lowest BCUT2D eigenvalue weighted by Gasteiger charge is -2.31. The number of nitrogens with zero attached hydrogens (tertiary/aromatic N) is 2. The fourth-order valence-electron chi connectivity index (χ4n) is 4.31. The molecule has 0 unspecified atom stereocenters. The first-order chi connectivity index (χ1) is 17.2. The molecule has 1 heterocycles. The maximum atomic E-state index is 13.4. The Morgan fingerprint density at radius 2 is 1.67 bits per heavy atom. The highest BCUT2D eigenvalue weighted by atomic mass is 32.2. The largest absolute Gasteiger partial charge is 0.352 e. The molecule has 0 spiro atoms. The molecule has 3 rings (SSSR count). The standard InChI is InChI=1S/C27H35N3O5S/c1-4-20(3)28-26(32)23(5-2)29(19-17-21-12-7-6-8-13-21)25(31)16-11-18-30-27(33)22-14-9-10-15-24(22)36(30,34)35/h6-10,12-15,20,23H,4-5,11,16-19H2,1-3H3,(H,28,32)/t20-,23+/m1/s1. The maximum absolute atomic E-state index is 13.4. The Morgan fingerprint density at radius 3 is 2.31 bits per heavy atom. The summed E-state index contributed by atoms with van der Waals surface area (Å²) in [6.07, 6.45) is 2.02. The van der Waals surface area contributed by atoms with Gasteiger partial charge in [-0.3, -0.25) is 14.4 Å². The Bertz CT molecular complexity index is 1180. The summed E-state index contributed by atoms with van der Waals surface area (Å²) in [6.45, 7) is 6.05. The molecule has 0 fully saturated rings. The number of carbonyl (C=O) groups is 3. The molecule has 1 aliphatic rings. The Balaban J connectivity index is 1.70. The highest BCUT2D eigenvalue weighted by Crippen LogP contribution is 2.30. The predicted molar refractivity (Wildman–Crippen MR) is 138 cm³/mol. The molecule has 2 aromatic rings. The van der Waals surface area contributed by atoms with E-state index in [0.29, 0.717) is 19.4 Å². The van der Waals surface area contributed by atoms with Crippen LogP contribution < -0.4 is 5.32 Å². The fraction of sp³-hybridized carbons (Fsp3) is 0.444. The lowest BCUT2D eigenvalue weighted by molar-refractivity contribution is -0.141. The fourth-order valence-corrected chi connectivity index (χ4v) is 5.91. The van der Waals surface area contributed by atoms with Crippen molar-refractivity contribution in [3.05, 3.63) is 65.7 Å². The van der Waals surface area contributed by atoms with E-state index in [1.54, 1.807) is 17.0 Å². The Hall–Kier alpha value is -3.20. The van der Waals surface area contributed by atoms with Crippen LogP contribution in [-0.4, -0.2) is 60.5 Å². The van der Waals surface area contributed by atoms with Crippen molar-refractivity contribution >= 4 is 27.7 Å². The van der Waals surface area contributed by atoms with E-state index < -0.39 is 22.0 Å². The van der Waals surface area contributed by atoms with Crippen molar-refractivity contribution in [1.29, 1.82) is 0 Å². The zero-order valence-corrected chi connectivity index (χ0v) is 22.0. The third kappa shape index (κ3) is 6.13. The molecule has 0 saturated heterocycles. The van der Waals surface area contributed by atoms with Crippen LogP contribution in [0.15, 0.2) is 59.5 Å². The Labute approximate surface area is 213 Å². The molecule has 0 aromatic heterocycles. The SMILES string of the molecule is CC[C@@H](C)NC(=O)[C@H](CC)N(CCc1ccccc1)C(=O)CCCN1C(=O)c2ccccc2S1(=O)=O. The second-order valence-corrected chi connectivity index (χ2v) is 10.9. The number of sulfonamides is 1. The third-order valence-corrected chi connectivity index (χ3v) is 8.38. The summed E-state index contributed by atoms with van der Waals surface area (Å²) < 4.78 is 26.4. The molecule has 0 aliphatic carbocycles. The Morgan fingerprint density at radius 1 is 1.00 bits per heavy atom. The number of fused-ring (bicyclic) bond motifs is 1. The number of hydrogen-bond donors (Lipinski definition) is 1. The summed E-state index contributed by atoms with van der Waals surface area (Å²) in [5.41, 5.74) is 1.21. The highest BCUT2D eigenvalue weighted by molar-refractivity contribution is 7.90. The molecule has 0 bridgehead atoms. The van der Waals surface area contributed by atoms with Crippen molar-refractivity contribution in [3.63, 3.8) is 0 Å². The monoisotopic (exact) mass is 513 g/mol. The zero-order chi connectivity index (χ0) is 26.3. The first kappa shape index (κ1) is 27.4. The second-order valence-electron chi connectivity index (χ2n) is 9.05. The predicted octanol–water partition coefficient (Wildman–Crippen LogP) is 3.38. The topological polar surface area (TPSA) is 104 Å². The van der Waals surface area contributed by atoms with E-state index in [4.69, 9.17) is 0 Å². The van der Waals surface area contributed by atoms with Crippen LogP contribution in [0.3, 0.4) is 0 Å². The van der Waals surface area contributed by atoms with Crippen molar-refractivity contribution < 1.29 is 22.8 Å². The number of carbonyl (C=O) groups excluding carboxylic acids is 3. The van der Waals surface area contributed by atoms with E-state index >= 15 is 0 Å². The van der Waals surface area contributed by atoms with Crippen molar-refractivity contribution in [1.82, 2.24) is 14.5 Å². The van der Waals surface area contributed by atoms with Gasteiger partial charge in [-0.25, -0.2) is 12.7 Å². The van der Waals surface area contributed by atoms with Crippen molar-refractivity contribution in [3.8, 4) is 0 Å². The minimum absolute atomic E-state index is 0.00132. The first-order valence-electron chi connectivity index (χ1n) is 12.5. The summed E-state index contributed by atoms with van der Waals surface area (Å²) >= 11 is 0. The molecule has 2 aromatic carbocycles. The van der Waals surface area contributed by atoms with Crippen LogP contribution in [0.5, 0.6) is 0 Å². The summed E-state index contributed by atoms with van der Waals surface area (Å²) in [5.74, 6) is -1.00. The van der Waals surface area contributed by atoms with Gasteiger partial charge < -0.3 is 10.2 Å². The summed E-state index contributed by atoms with van der Waals surface area (Å²) in [7, 11) is -3.92. The molecule has 2 atom stereocenters. The molecule has 194 valence electrons. The summed E-state index contributed by atoms with van der Waals surface area (Å²) in [4.78, 5) is 40.6. The van der Waals surface area contributed by atoms with E-state index in [-0.39, 0.29) is 47.7 Å². The van der Waals surface area contributed by atoms with E-state index in [9.17, 15) is 22.8 Å². The van der Waals surface area contributed by atoms with Crippen LogP contribution in [0.25, 0.3) is 0 Å². The van der Waals surface area contributed by atoms with Gasteiger partial charge in [0.15, 0.2) is 0 Å². The molecular weight excluding hydrogens is 478 g/mol. The molecule has 1 aliphatic heterocycles. The van der Waals surface area contributed by atoms with Crippen molar-refractivity contribution in [2.75, 3.05) is 13.1 Å². The van der Waals surface area contributed by atoms with Gasteiger partial charge in [-0.05, 0) is 50.3 Å². The van der Waals surface area contributed by atoms with Crippen LogP contribution in [0.2, 0.25) is 0 Å². The molecule has 8 nitrogen and oxygen atoms in total. The average Bonchev–Trinajstić information content (AvgIpc) is 3.07. The first-order valence-corrected chi connectivity index (χ1v) is 13.9. The number of amides is 3. The molecule has 1 N–H and O–H groups in total. The zero-order valence-electron chi connectivity index (χ0n) is 21.1. The average molecular weight is 514 g/mol. The number of rotatable bonds is 12. The smallest absolute Gasteiger partial charge is 0.269 e. The highest BCUT2D eigenvalue weighted by Gasteiger charge is 2.40.